The van der Waals surface area contributed by atoms with E-state index in [4.69, 9.17) is 9.47 Å². The fourth-order valence-electron chi connectivity index (χ4n) is 3.53. The molecule has 1 aromatic carbocycles. The first-order chi connectivity index (χ1) is 17.0. The first kappa shape index (κ1) is 26.7. The van der Waals surface area contributed by atoms with Crippen molar-refractivity contribution in [2.24, 2.45) is 0 Å². The quantitative estimate of drug-likeness (QED) is 0.428. The maximum absolute atomic E-state index is 13.0. The predicted octanol–water partition coefficient (Wildman–Crippen LogP) is 5.81. The minimum absolute atomic E-state index is 0.114. The molecule has 36 heavy (non-hydrogen) atoms. The molecule has 3 rings (SSSR count). The van der Waals surface area contributed by atoms with E-state index in [1.807, 2.05) is 59.7 Å². The Kier molecular flexibility index (Phi) is 8.64. The highest BCUT2D eigenvalue weighted by molar-refractivity contribution is 6.06. The second kappa shape index (κ2) is 11.7. The lowest BCUT2D eigenvalue weighted by Crippen LogP contribution is -2.46. The highest BCUT2D eigenvalue weighted by Gasteiger charge is 2.29. The normalized spacial score (nSPS) is 11.2. The Labute approximate surface area is 212 Å². The van der Waals surface area contributed by atoms with Crippen LogP contribution in [0.4, 0.5) is 16.2 Å². The van der Waals surface area contributed by atoms with Gasteiger partial charge in [0, 0.05) is 40.9 Å². The molecule has 8 heteroatoms. The van der Waals surface area contributed by atoms with Crippen molar-refractivity contribution in [1.29, 1.82) is 0 Å². The van der Waals surface area contributed by atoms with Gasteiger partial charge in [-0.3, -0.25) is 14.7 Å². The van der Waals surface area contributed by atoms with Gasteiger partial charge in [0.2, 0.25) is 5.88 Å². The third-order valence-corrected chi connectivity index (χ3v) is 5.14. The number of rotatable bonds is 8. The number of amides is 2. The summed E-state index contributed by atoms with van der Waals surface area (Å²) in [6.07, 6.45) is 1.69. The van der Waals surface area contributed by atoms with Crippen molar-refractivity contribution in [2.45, 2.75) is 59.6 Å². The summed E-state index contributed by atoms with van der Waals surface area (Å²) in [6.45, 7) is 11.6. The number of anilines is 2. The van der Waals surface area contributed by atoms with E-state index in [9.17, 15) is 9.59 Å². The van der Waals surface area contributed by atoms with E-state index < -0.39 is 11.6 Å². The zero-order chi connectivity index (χ0) is 26.3. The van der Waals surface area contributed by atoms with Gasteiger partial charge >= 0.3 is 6.09 Å². The van der Waals surface area contributed by atoms with Crippen LogP contribution in [0.2, 0.25) is 0 Å². The van der Waals surface area contributed by atoms with Crippen LogP contribution in [0.5, 0.6) is 5.88 Å². The summed E-state index contributed by atoms with van der Waals surface area (Å²) >= 11 is 0. The summed E-state index contributed by atoms with van der Waals surface area (Å²) in [4.78, 5) is 36.1. The molecule has 0 fully saturated rings. The van der Waals surface area contributed by atoms with Gasteiger partial charge in [-0.15, -0.1) is 0 Å². The van der Waals surface area contributed by atoms with Crippen molar-refractivity contribution in [3.05, 3.63) is 77.7 Å². The SMILES string of the molecule is Cc1ccc(C(=O)Nc2ccc(N(C(=O)OCCc3ccccn3)C(C)(C)C)cc2)c(OC(C)C)n1. The van der Waals surface area contributed by atoms with Crippen LogP contribution in [0.3, 0.4) is 0 Å². The van der Waals surface area contributed by atoms with Crippen LogP contribution >= 0.6 is 0 Å². The van der Waals surface area contributed by atoms with Crippen molar-refractivity contribution in [1.82, 2.24) is 9.97 Å². The van der Waals surface area contributed by atoms with Crippen LogP contribution < -0.4 is 15.0 Å². The molecular weight excluding hydrogens is 456 g/mol. The fraction of sp³-hybridized carbons (Fsp3) is 0.357. The molecule has 2 heterocycles. The van der Waals surface area contributed by atoms with Gasteiger partial charge in [-0.25, -0.2) is 9.78 Å². The summed E-state index contributed by atoms with van der Waals surface area (Å²) in [6, 6.07) is 16.2. The van der Waals surface area contributed by atoms with Gasteiger partial charge in [0.25, 0.3) is 5.91 Å². The number of nitrogens with one attached hydrogen (secondary N) is 1. The number of carbonyl (C=O) groups excluding carboxylic acids is 2. The average molecular weight is 491 g/mol. The molecule has 190 valence electrons. The van der Waals surface area contributed by atoms with Crippen molar-refractivity contribution in [3.63, 3.8) is 0 Å². The largest absolute Gasteiger partial charge is 0.474 e. The van der Waals surface area contributed by atoms with Crippen LogP contribution in [0, 0.1) is 6.92 Å². The third-order valence-electron chi connectivity index (χ3n) is 5.14. The molecule has 0 atom stereocenters. The molecule has 0 aliphatic carbocycles. The number of hydrogen-bond donors (Lipinski definition) is 1. The van der Waals surface area contributed by atoms with Crippen molar-refractivity contribution in [2.75, 3.05) is 16.8 Å². The second-order valence-corrected chi connectivity index (χ2v) is 9.66. The maximum Gasteiger partial charge on any atom is 0.414 e. The molecule has 0 saturated carbocycles. The van der Waals surface area contributed by atoms with Crippen LogP contribution in [-0.2, 0) is 11.2 Å². The van der Waals surface area contributed by atoms with Crippen LogP contribution in [0.15, 0.2) is 60.8 Å². The first-order valence-electron chi connectivity index (χ1n) is 12.0. The minimum atomic E-state index is -0.524. The molecule has 0 bridgehead atoms. The van der Waals surface area contributed by atoms with Gasteiger partial charge in [0.1, 0.15) is 5.56 Å². The summed E-state index contributed by atoms with van der Waals surface area (Å²) in [7, 11) is 0. The van der Waals surface area contributed by atoms with E-state index in [0.717, 1.165) is 11.4 Å². The summed E-state index contributed by atoms with van der Waals surface area (Å²) < 4.78 is 11.3. The molecule has 2 amide bonds. The lowest BCUT2D eigenvalue weighted by molar-refractivity contribution is 0.101. The number of hydrogen-bond acceptors (Lipinski definition) is 6. The Balaban J connectivity index is 1.70. The van der Waals surface area contributed by atoms with E-state index in [-0.39, 0.29) is 18.6 Å². The zero-order valence-corrected chi connectivity index (χ0v) is 21.7. The standard InChI is InChI=1S/C28H34N4O4/c1-19(2)36-26-24(15-10-20(3)30-26)25(33)31-22-11-13-23(14-12-22)32(28(4,5)6)27(34)35-18-16-21-9-7-8-17-29-21/h7-15,17,19H,16,18H2,1-6H3,(H,31,33). The van der Waals surface area contributed by atoms with Crippen LogP contribution in [0.1, 0.15) is 56.4 Å². The molecule has 0 aliphatic heterocycles. The van der Waals surface area contributed by atoms with Crippen LogP contribution in [0.25, 0.3) is 0 Å². The van der Waals surface area contributed by atoms with Gasteiger partial charge in [-0.05, 0) is 90.1 Å². The number of aromatic nitrogens is 2. The Hall–Kier alpha value is -3.94. The molecule has 3 aromatic rings. The summed E-state index contributed by atoms with van der Waals surface area (Å²) in [5.74, 6) is -0.0287. The van der Waals surface area contributed by atoms with E-state index >= 15 is 0 Å². The number of aryl methyl sites for hydroxylation is 1. The number of pyridine rings is 2. The lowest BCUT2D eigenvalue weighted by Gasteiger charge is -2.34. The third kappa shape index (κ3) is 7.28. The van der Waals surface area contributed by atoms with E-state index in [1.54, 1.807) is 47.5 Å². The molecule has 0 saturated heterocycles. The summed E-state index contributed by atoms with van der Waals surface area (Å²) in [5.41, 5.74) is 2.69. The van der Waals surface area contributed by atoms with Crippen molar-refractivity contribution in [3.8, 4) is 5.88 Å². The molecule has 1 N–H and O–H groups in total. The molecule has 8 nitrogen and oxygen atoms in total. The highest BCUT2D eigenvalue weighted by Crippen LogP contribution is 2.27. The van der Waals surface area contributed by atoms with Crippen molar-refractivity contribution < 1.29 is 19.1 Å². The maximum atomic E-state index is 13.0. The van der Waals surface area contributed by atoms with Crippen LogP contribution in [-0.4, -0.2) is 40.2 Å². The molecule has 0 spiro atoms. The Morgan fingerprint density at radius 2 is 1.75 bits per heavy atom. The number of benzene rings is 1. The number of ether oxygens (including phenoxy) is 2. The van der Waals surface area contributed by atoms with Gasteiger partial charge < -0.3 is 14.8 Å². The Morgan fingerprint density at radius 1 is 1.03 bits per heavy atom. The molecule has 2 aromatic heterocycles. The molecule has 0 unspecified atom stereocenters. The second-order valence-electron chi connectivity index (χ2n) is 9.66. The van der Waals surface area contributed by atoms with Crippen molar-refractivity contribution >= 4 is 23.4 Å². The summed E-state index contributed by atoms with van der Waals surface area (Å²) in [5, 5.41) is 2.88. The van der Waals surface area contributed by atoms with Gasteiger partial charge in [-0.2, -0.15) is 0 Å². The van der Waals surface area contributed by atoms with Gasteiger partial charge in [-0.1, -0.05) is 6.07 Å². The molecule has 0 aliphatic rings. The topological polar surface area (TPSA) is 93.7 Å². The number of carbonyl (C=O) groups is 2. The Morgan fingerprint density at radius 3 is 2.36 bits per heavy atom. The monoisotopic (exact) mass is 490 g/mol. The first-order valence-corrected chi connectivity index (χ1v) is 12.0. The fourth-order valence-corrected chi connectivity index (χ4v) is 3.53. The van der Waals surface area contributed by atoms with E-state index in [1.165, 1.54) is 0 Å². The molecular formula is C28H34N4O4. The average Bonchev–Trinajstić information content (AvgIpc) is 2.80. The van der Waals surface area contributed by atoms with Gasteiger partial charge in [0.05, 0.1) is 12.7 Å². The Bertz CT molecular complexity index is 1170. The molecule has 0 radical (unpaired) electrons. The lowest BCUT2D eigenvalue weighted by atomic mass is 10.1. The number of nitrogens with zero attached hydrogens (tertiary/aromatic N) is 3. The zero-order valence-electron chi connectivity index (χ0n) is 21.7. The van der Waals surface area contributed by atoms with Gasteiger partial charge in [0.15, 0.2) is 0 Å². The predicted molar refractivity (Wildman–Crippen MR) is 141 cm³/mol. The van der Waals surface area contributed by atoms with E-state index in [2.05, 4.69) is 15.3 Å². The highest BCUT2D eigenvalue weighted by atomic mass is 16.6. The minimum Gasteiger partial charge on any atom is -0.474 e. The smallest absolute Gasteiger partial charge is 0.414 e. The van der Waals surface area contributed by atoms with E-state index in [0.29, 0.717) is 29.2 Å².